The Morgan fingerprint density at radius 2 is 1.35 bits per heavy atom. The summed E-state index contributed by atoms with van der Waals surface area (Å²) in [4.78, 5) is 12.3. The van der Waals surface area contributed by atoms with Crippen molar-refractivity contribution in [3.63, 3.8) is 0 Å². The van der Waals surface area contributed by atoms with Crippen molar-refractivity contribution in [3.8, 4) is 0 Å². The number of fused-ring (bicyclic) bond motifs is 5. The van der Waals surface area contributed by atoms with Crippen LogP contribution in [0.15, 0.2) is 11.6 Å². The molecule has 0 aromatic heterocycles. The average Bonchev–Trinajstić information content (AvgIpc) is 3.53. The van der Waals surface area contributed by atoms with Crippen LogP contribution in [0.4, 0.5) is 0 Å². The zero-order valence-electron chi connectivity index (χ0n) is 35.6. The Hall–Kier alpha value is -1.27. The Balaban J connectivity index is 0.852. The van der Waals surface area contributed by atoms with E-state index < -0.39 is 115 Å². The van der Waals surface area contributed by atoms with Crippen LogP contribution in [0.2, 0.25) is 0 Å². The van der Waals surface area contributed by atoms with E-state index in [0.29, 0.717) is 19.3 Å². The lowest BCUT2D eigenvalue weighted by Gasteiger charge is -2.65. The topological polar surface area (TPSA) is 203 Å². The van der Waals surface area contributed by atoms with Crippen LogP contribution in [0.25, 0.3) is 0 Å². The lowest BCUT2D eigenvalue weighted by Crippen LogP contribution is -2.67. The molecule has 55 heavy (non-hydrogen) atoms. The smallest absolute Gasteiger partial charge is 0.331 e. The summed E-state index contributed by atoms with van der Waals surface area (Å²) in [6.45, 7) is 6.83. The van der Waals surface area contributed by atoms with E-state index in [1.54, 1.807) is 13.8 Å². The number of aliphatic hydroxyl groups excluding tert-OH is 5. The molecule has 0 aromatic rings. The van der Waals surface area contributed by atoms with Crippen molar-refractivity contribution in [2.45, 2.75) is 197 Å². The molecule has 6 N–H and O–H groups in total. The molecule has 4 aliphatic heterocycles. The standard InChI is InChI=1S/C41H64O14/c1-19-36(47)28(42)15-34(50-19)54-38-21(3)52-35(17-30(38)44)55-37-20(2)51-33(16-29(37)43)53-24-8-10-39(4)23(13-24)6-7-26-27(39)14-31(45)40(5)25(9-11-41(26,40)48)22-12-32(46)49-18-22/h12,19-21,23-31,33-38,42-45,47-48H,6-11,13-18H2,1-5H3/t19?,20?,21?,23-,24+,25-,26-,27+,28?,29?,30?,31-,33?,34?,35?,36?,37?,38?,39+,40+,41+/m0/s1/i12D,18D2. The molecule has 0 radical (unpaired) electrons. The molecule has 21 atom stereocenters. The van der Waals surface area contributed by atoms with Gasteiger partial charge in [-0.15, -0.1) is 0 Å². The van der Waals surface area contributed by atoms with E-state index in [9.17, 15) is 35.4 Å². The van der Waals surface area contributed by atoms with Gasteiger partial charge < -0.3 is 63.8 Å². The van der Waals surface area contributed by atoms with Gasteiger partial charge in [0.25, 0.3) is 0 Å². The summed E-state index contributed by atoms with van der Waals surface area (Å²) in [6, 6.07) is -0.505. The zero-order valence-corrected chi connectivity index (χ0v) is 32.6. The molecule has 7 fully saturated rings. The third-order valence-electron chi connectivity index (χ3n) is 15.7. The number of cyclic esters (lactones) is 1. The monoisotopic (exact) mass is 783 g/mol. The first-order chi connectivity index (χ1) is 27.2. The number of ether oxygens (including phenoxy) is 7. The van der Waals surface area contributed by atoms with Crippen molar-refractivity contribution < 1.29 is 72.7 Å². The van der Waals surface area contributed by atoms with Crippen molar-refractivity contribution in [1.29, 1.82) is 0 Å². The van der Waals surface area contributed by atoms with Gasteiger partial charge in [0.2, 0.25) is 0 Å². The van der Waals surface area contributed by atoms with Gasteiger partial charge in [-0.25, -0.2) is 4.79 Å². The fourth-order valence-corrected chi connectivity index (χ4v) is 12.5. The Morgan fingerprint density at radius 1 is 0.745 bits per heavy atom. The van der Waals surface area contributed by atoms with Crippen molar-refractivity contribution in [1.82, 2.24) is 0 Å². The van der Waals surface area contributed by atoms with E-state index in [-0.39, 0.29) is 54.1 Å². The van der Waals surface area contributed by atoms with Gasteiger partial charge in [0.1, 0.15) is 24.9 Å². The quantitative estimate of drug-likeness (QED) is 0.162. The fraction of sp³-hybridized carbons (Fsp3) is 0.927. The highest BCUT2D eigenvalue weighted by Gasteiger charge is 2.71. The summed E-state index contributed by atoms with van der Waals surface area (Å²) in [5, 5.41) is 67.1. The molecule has 0 amide bonds. The molecule has 4 heterocycles. The van der Waals surface area contributed by atoms with E-state index in [2.05, 4.69) is 6.92 Å². The zero-order chi connectivity index (χ0) is 41.9. The molecule has 8 rings (SSSR count). The summed E-state index contributed by atoms with van der Waals surface area (Å²) >= 11 is 0. The van der Waals surface area contributed by atoms with Gasteiger partial charge in [-0.05, 0) is 107 Å². The molecule has 0 spiro atoms. The maximum absolute atomic E-state index is 12.6. The van der Waals surface area contributed by atoms with Crippen LogP contribution in [-0.2, 0) is 38.0 Å². The van der Waals surface area contributed by atoms with E-state index in [4.69, 9.17) is 37.3 Å². The molecule has 0 aromatic carbocycles. The summed E-state index contributed by atoms with van der Waals surface area (Å²) in [5.74, 6) is -1.57. The van der Waals surface area contributed by atoms with Gasteiger partial charge in [0.15, 0.2) is 18.9 Å². The second-order valence-electron chi connectivity index (χ2n) is 18.5. The van der Waals surface area contributed by atoms with Crippen molar-refractivity contribution >= 4 is 5.97 Å². The maximum atomic E-state index is 12.6. The van der Waals surface area contributed by atoms with Crippen molar-refractivity contribution in [3.05, 3.63) is 11.6 Å². The Kier molecular flexibility index (Phi) is 10.1. The van der Waals surface area contributed by atoms with Gasteiger partial charge in [0.05, 0.1) is 58.5 Å². The van der Waals surface area contributed by atoms with Gasteiger partial charge in [-0.2, -0.15) is 0 Å². The molecular formula is C41H64O14. The molecular weight excluding hydrogens is 716 g/mol. The SMILES string of the molecule is [2H]C1=C([C@@H]2CC[C@@]3(O)[C@H]4CC[C@H]5C[C@H](OC6CC(O)C(OC7CC(O)C(OC8CC(O)C(O)C(C)O8)C(C)O7)C(C)O6)CC[C@@]5(C)[C@@H]4C[C@H](O)[C@@]23C)C([2H])([2H])OC1=O. The summed E-state index contributed by atoms with van der Waals surface area (Å²) < 4.78 is 66.8. The van der Waals surface area contributed by atoms with Crippen molar-refractivity contribution in [2.24, 2.45) is 34.5 Å². The van der Waals surface area contributed by atoms with Crippen LogP contribution in [0.3, 0.4) is 0 Å². The largest absolute Gasteiger partial charge is 0.458 e. The van der Waals surface area contributed by atoms with Crippen molar-refractivity contribution in [2.75, 3.05) is 6.56 Å². The molecule has 4 aliphatic carbocycles. The van der Waals surface area contributed by atoms with Crippen LogP contribution < -0.4 is 0 Å². The van der Waals surface area contributed by atoms with Crippen LogP contribution in [0.1, 0.15) is 109 Å². The van der Waals surface area contributed by atoms with E-state index >= 15 is 0 Å². The second kappa shape index (κ2) is 15.1. The lowest BCUT2D eigenvalue weighted by atomic mass is 9.42. The Bertz CT molecular complexity index is 1550. The molecule has 3 saturated heterocycles. The average molecular weight is 784 g/mol. The van der Waals surface area contributed by atoms with Gasteiger partial charge in [-0.3, -0.25) is 0 Å². The normalized spacial score (nSPS) is 57.4. The highest BCUT2D eigenvalue weighted by molar-refractivity contribution is 5.85. The number of hydrogen-bond donors (Lipinski definition) is 6. The van der Waals surface area contributed by atoms with Crippen LogP contribution >= 0.6 is 0 Å². The van der Waals surface area contributed by atoms with E-state index in [0.717, 1.165) is 32.1 Å². The number of aliphatic hydroxyl groups is 6. The first-order valence-electron chi connectivity index (χ1n) is 22.2. The number of rotatable bonds is 7. The Labute approximate surface area is 328 Å². The second-order valence-corrected chi connectivity index (χ2v) is 18.5. The first kappa shape index (κ1) is 36.8. The van der Waals surface area contributed by atoms with Crippen LogP contribution in [0, 0.1) is 34.5 Å². The van der Waals surface area contributed by atoms with Crippen LogP contribution in [0.5, 0.6) is 0 Å². The lowest BCUT2D eigenvalue weighted by molar-refractivity contribution is -0.336. The third-order valence-corrected chi connectivity index (χ3v) is 15.7. The molecule has 4 saturated carbocycles. The summed E-state index contributed by atoms with van der Waals surface area (Å²) in [7, 11) is 0. The predicted octanol–water partition coefficient (Wildman–Crippen LogP) is 2.22. The minimum absolute atomic E-state index is 0.0173. The fourth-order valence-electron chi connectivity index (χ4n) is 12.5. The Morgan fingerprint density at radius 3 is 1.93 bits per heavy atom. The maximum Gasteiger partial charge on any atom is 0.331 e. The first-order valence-corrected chi connectivity index (χ1v) is 20.7. The molecule has 0 bridgehead atoms. The highest BCUT2D eigenvalue weighted by atomic mass is 16.7. The third kappa shape index (κ3) is 6.95. The van der Waals surface area contributed by atoms with Crippen LogP contribution in [-0.4, -0.2) is 135 Å². The molecule has 312 valence electrons. The molecule has 8 aliphatic rings. The highest BCUT2D eigenvalue weighted by Crippen LogP contribution is 2.70. The summed E-state index contributed by atoms with van der Waals surface area (Å²) in [6.07, 6.45) is -5.23. The number of hydrogen-bond acceptors (Lipinski definition) is 14. The minimum atomic E-state index is -2.45. The minimum Gasteiger partial charge on any atom is -0.458 e. The molecule has 12 unspecified atom stereocenters. The van der Waals surface area contributed by atoms with Gasteiger partial charge in [-0.1, -0.05) is 13.8 Å². The molecule has 14 nitrogen and oxygen atoms in total. The predicted molar refractivity (Wildman–Crippen MR) is 193 cm³/mol. The number of carbonyl (C=O) groups is 1. The van der Waals surface area contributed by atoms with Gasteiger partial charge in [0, 0.05) is 30.7 Å². The van der Waals surface area contributed by atoms with Gasteiger partial charge >= 0.3 is 5.97 Å². The summed E-state index contributed by atoms with van der Waals surface area (Å²) in [5.41, 5.74) is -2.69. The van der Waals surface area contributed by atoms with E-state index in [1.165, 1.54) is 0 Å². The number of esters is 1. The van der Waals surface area contributed by atoms with E-state index in [1.807, 2.05) is 13.8 Å². The number of carbonyl (C=O) groups excluding carboxylic acids is 1. The molecule has 14 heteroatoms.